The molecule has 0 spiro atoms. The first kappa shape index (κ1) is 20.3. The number of phenols is 1. The zero-order chi connectivity index (χ0) is 21.2. The Hall–Kier alpha value is -3.42. The molecule has 0 radical (unpaired) electrons. The molecule has 29 heavy (non-hydrogen) atoms. The average molecular weight is 395 g/mol. The van der Waals surface area contributed by atoms with E-state index in [-0.39, 0.29) is 12.3 Å². The molecule has 8 nitrogen and oxygen atoms in total. The van der Waals surface area contributed by atoms with E-state index in [2.05, 4.69) is 20.8 Å². The standard InChI is InChI=1S/C21H25N5O3/c1-5-21(3,4)23-20(29)19(28)22-12-14-10-13(2)11-17(18(14)27)26-24-15-8-6-7-9-16(15)25-26/h6-11,27H,5,12H2,1-4H3,(H,22,28)(H,23,29). The molecule has 0 unspecified atom stereocenters. The maximum absolute atomic E-state index is 12.1. The smallest absolute Gasteiger partial charge is 0.309 e. The van der Waals surface area contributed by atoms with E-state index in [0.29, 0.717) is 28.7 Å². The van der Waals surface area contributed by atoms with Crippen LogP contribution in [0.5, 0.6) is 5.75 Å². The molecule has 2 aromatic carbocycles. The Morgan fingerprint density at radius 3 is 2.31 bits per heavy atom. The van der Waals surface area contributed by atoms with Crippen molar-refractivity contribution in [2.75, 3.05) is 0 Å². The van der Waals surface area contributed by atoms with Crippen molar-refractivity contribution in [1.29, 1.82) is 0 Å². The van der Waals surface area contributed by atoms with E-state index in [4.69, 9.17) is 0 Å². The number of hydrogen-bond acceptors (Lipinski definition) is 5. The molecule has 1 aromatic heterocycles. The number of hydrogen-bond donors (Lipinski definition) is 3. The van der Waals surface area contributed by atoms with E-state index in [9.17, 15) is 14.7 Å². The van der Waals surface area contributed by atoms with Gasteiger partial charge in [0.25, 0.3) is 0 Å². The number of aryl methyl sites for hydroxylation is 1. The van der Waals surface area contributed by atoms with Crippen LogP contribution in [-0.4, -0.2) is 37.5 Å². The van der Waals surface area contributed by atoms with Gasteiger partial charge in [-0.05, 0) is 51.0 Å². The average Bonchev–Trinajstić information content (AvgIpc) is 3.11. The number of nitrogens with one attached hydrogen (secondary N) is 2. The predicted molar refractivity (Wildman–Crippen MR) is 110 cm³/mol. The molecule has 1 heterocycles. The number of aromatic nitrogens is 3. The van der Waals surface area contributed by atoms with Crippen LogP contribution in [0.1, 0.15) is 38.3 Å². The third-order valence-electron chi connectivity index (χ3n) is 4.80. The van der Waals surface area contributed by atoms with Gasteiger partial charge in [-0.2, -0.15) is 0 Å². The Kier molecular flexibility index (Phi) is 5.54. The van der Waals surface area contributed by atoms with Crippen LogP contribution in [0.3, 0.4) is 0 Å². The van der Waals surface area contributed by atoms with Gasteiger partial charge in [-0.15, -0.1) is 15.0 Å². The highest BCUT2D eigenvalue weighted by Gasteiger charge is 2.23. The van der Waals surface area contributed by atoms with Gasteiger partial charge in [-0.25, -0.2) is 0 Å². The van der Waals surface area contributed by atoms with Crippen LogP contribution in [0, 0.1) is 6.92 Å². The van der Waals surface area contributed by atoms with Crippen LogP contribution in [0.25, 0.3) is 16.7 Å². The number of benzene rings is 2. The fourth-order valence-electron chi connectivity index (χ4n) is 2.80. The second kappa shape index (κ2) is 7.90. The number of nitrogens with zero attached hydrogens (tertiary/aromatic N) is 3. The van der Waals surface area contributed by atoms with Crippen molar-refractivity contribution in [1.82, 2.24) is 25.6 Å². The van der Waals surface area contributed by atoms with Crippen LogP contribution < -0.4 is 10.6 Å². The van der Waals surface area contributed by atoms with Gasteiger partial charge in [0.2, 0.25) is 0 Å². The normalized spacial score (nSPS) is 11.4. The summed E-state index contributed by atoms with van der Waals surface area (Å²) >= 11 is 0. The molecule has 0 aliphatic carbocycles. The number of fused-ring (bicyclic) bond motifs is 1. The highest BCUT2D eigenvalue weighted by molar-refractivity contribution is 6.35. The number of carbonyl (C=O) groups is 2. The minimum atomic E-state index is -0.753. The summed E-state index contributed by atoms with van der Waals surface area (Å²) in [7, 11) is 0. The molecule has 3 N–H and O–H groups in total. The van der Waals surface area contributed by atoms with E-state index < -0.39 is 17.4 Å². The van der Waals surface area contributed by atoms with Gasteiger partial charge in [-0.3, -0.25) is 9.59 Å². The van der Waals surface area contributed by atoms with Gasteiger partial charge in [-0.1, -0.05) is 25.1 Å². The Balaban J connectivity index is 1.80. The molecule has 0 saturated heterocycles. The summed E-state index contributed by atoms with van der Waals surface area (Å²) < 4.78 is 0. The van der Waals surface area contributed by atoms with Crippen LogP contribution in [-0.2, 0) is 16.1 Å². The summed E-state index contributed by atoms with van der Waals surface area (Å²) in [5.74, 6) is -1.51. The third-order valence-corrected chi connectivity index (χ3v) is 4.80. The van der Waals surface area contributed by atoms with Crippen molar-refractivity contribution in [3.8, 4) is 11.4 Å². The number of aromatic hydroxyl groups is 1. The van der Waals surface area contributed by atoms with Gasteiger partial charge in [0.1, 0.15) is 22.5 Å². The molecule has 3 aromatic rings. The summed E-state index contributed by atoms with van der Waals surface area (Å²) in [5.41, 5.74) is 2.68. The lowest BCUT2D eigenvalue weighted by Gasteiger charge is -2.23. The SMILES string of the molecule is CCC(C)(C)NC(=O)C(=O)NCc1cc(C)cc(-n2nc3ccccc3n2)c1O. The number of amides is 2. The molecule has 0 atom stereocenters. The first-order chi connectivity index (χ1) is 13.7. The summed E-state index contributed by atoms with van der Waals surface area (Å²) in [6, 6.07) is 10.9. The molecular formula is C21H25N5O3. The zero-order valence-corrected chi connectivity index (χ0v) is 17.0. The summed E-state index contributed by atoms with van der Waals surface area (Å²) in [6.07, 6.45) is 0.694. The molecule has 152 valence electrons. The Labute approximate surface area is 168 Å². The number of phenolic OH excluding ortho intramolecular Hbond substituents is 1. The minimum absolute atomic E-state index is 0.000108. The first-order valence-electron chi connectivity index (χ1n) is 9.45. The lowest BCUT2D eigenvalue weighted by atomic mass is 10.0. The van der Waals surface area contributed by atoms with Crippen LogP contribution in [0.2, 0.25) is 0 Å². The van der Waals surface area contributed by atoms with Crippen molar-refractivity contribution < 1.29 is 14.7 Å². The Morgan fingerprint density at radius 1 is 1.10 bits per heavy atom. The Bertz CT molecular complexity index is 1040. The fraction of sp³-hybridized carbons (Fsp3) is 0.333. The topological polar surface area (TPSA) is 109 Å². The summed E-state index contributed by atoms with van der Waals surface area (Å²) in [5, 5.41) is 24.7. The molecule has 0 saturated carbocycles. The highest BCUT2D eigenvalue weighted by atomic mass is 16.3. The highest BCUT2D eigenvalue weighted by Crippen LogP contribution is 2.28. The largest absolute Gasteiger partial charge is 0.505 e. The third kappa shape index (κ3) is 4.53. The quantitative estimate of drug-likeness (QED) is 0.575. The minimum Gasteiger partial charge on any atom is -0.505 e. The van der Waals surface area contributed by atoms with E-state index >= 15 is 0 Å². The predicted octanol–water partition coefficient (Wildman–Crippen LogP) is 2.36. The van der Waals surface area contributed by atoms with Crippen LogP contribution >= 0.6 is 0 Å². The lowest BCUT2D eigenvalue weighted by Crippen LogP contribution is -2.49. The van der Waals surface area contributed by atoms with Crippen molar-refractivity contribution in [3.63, 3.8) is 0 Å². The lowest BCUT2D eigenvalue weighted by molar-refractivity contribution is -0.140. The van der Waals surface area contributed by atoms with Gasteiger partial charge in [0, 0.05) is 17.6 Å². The molecule has 2 amide bonds. The van der Waals surface area contributed by atoms with Gasteiger partial charge in [0.15, 0.2) is 0 Å². The second-order valence-corrected chi connectivity index (χ2v) is 7.64. The molecule has 0 aliphatic heterocycles. The van der Waals surface area contributed by atoms with E-state index in [1.807, 2.05) is 52.0 Å². The maximum atomic E-state index is 12.1. The second-order valence-electron chi connectivity index (χ2n) is 7.64. The van der Waals surface area contributed by atoms with E-state index in [0.717, 1.165) is 5.56 Å². The zero-order valence-electron chi connectivity index (χ0n) is 17.0. The van der Waals surface area contributed by atoms with Gasteiger partial charge < -0.3 is 15.7 Å². The molecule has 0 aliphatic rings. The van der Waals surface area contributed by atoms with Crippen LogP contribution in [0.4, 0.5) is 0 Å². The van der Waals surface area contributed by atoms with Crippen molar-refractivity contribution in [2.45, 2.75) is 46.2 Å². The molecule has 0 fully saturated rings. The molecule has 0 bridgehead atoms. The van der Waals surface area contributed by atoms with Crippen LogP contribution in [0.15, 0.2) is 36.4 Å². The molecule has 3 rings (SSSR count). The maximum Gasteiger partial charge on any atom is 0.309 e. The summed E-state index contributed by atoms with van der Waals surface area (Å²) in [6.45, 7) is 7.49. The number of rotatable bonds is 5. The first-order valence-corrected chi connectivity index (χ1v) is 9.45. The van der Waals surface area contributed by atoms with Crippen molar-refractivity contribution in [2.24, 2.45) is 0 Å². The van der Waals surface area contributed by atoms with Crippen molar-refractivity contribution in [3.05, 3.63) is 47.5 Å². The number of carbonyl (C=O) groups excluding carboxylic acids is 2. The van der Waals surface area contributed by atoms with Crippen molar-refractivity contribution >= 4 is 22.8 Å². The van der Waals surface area contributed by atoms with Gasteiger partial charge >= 0.3 is 11.8 Å². The summed E-state index contributed by atoms with van der Waals surface area (Å²) in [4.78, 5) is 25.6. The van der Waals surface area contributed by atoms with Gasteiger partial charge in [0.05, 0.1) is 0 Å². The Morgan fingerprint density at radius 2 is 1.72 bits per heavy atom. The van der Waals surface area contributed by atoms with E-state index in [1.54, 1.807) is 12.1 Å². The molecule has 8 heteroatoms. The fourth-order valence-corrected chi connectivity index (χ4v) is 2.80. The van der Waals surface area contributed by atoms with E-state index in [1.165, 1.54) is 4.80 Å². The molecular weight excluding hydrogens is 370 g/mol. The monoisotopic (exact) mass is 395 g/mol.